The number of hydrogen-bond acceptors (Lipinski definition) is 4. The number of aliphatic hydroxyl groups is 1. The van der Waals surface area contributed by atoms with Crippen molar-refractivity contribution in [3.8, 4) is 0 Å². The summed E-state index contributed by atoms with van der Waals surface area (Å²) in [6.45, 7) is 1.30. The standard InChI is InChI=1S/C17H20FN3O2/c18-15-3-1-13(2-4-15)7-14-5-6-17(8-21-12-19-11-20-21)16(14,9-22)10-23-17/h1-4,11-12,14,22H,5-10H2. The molecule has 6 heteroatoms. The Morgan fingerprint density at radius 3 is 2.78 bits per heavy atom. The molecule has 1 aromatic heterocycles. The lowest BCUT2D eigenvalue weighted by Gasteiger charge is -2.56. The van der Waals surface area contributed by atoms with Crippen molar-refractivity contribution in [1.29, 1.82) is 0 Å². The van der Waals surface area contributed by atoms with E-state index in [1.807, 2.05) is 12.1 Å². The SMILES string of the molecule is OCC12COC1(Cn1cncn1)CCC2Cc1ccc(F)cc1. The Morgan fingerprint density at radius 2 is 2.17 bits per heavy atom. The van der Waals surface area contributed by atoms with Crippen molar-refractivity contribution in [3.05, 3.63) is 48.3 Å². The number of aromatic nitrogens is 3. The number of rotatable bonds is 5. The van der Waals surface area contributed by atoms with E-state index in [0.29, 0.717) is 19.1 Å². The van der Waals surface area contributed by atoms with Crippen LogP contribution in [0.2, 0.25) is 0 Å². The van der Waals surface area contributed by atoms with Gasteiger partial charge in [-0.05, 0) is 42.9 Å². The van der Waals surface area contributed by atoms with Gasteiger partial charge in [0, 0.05) is 0 Å². The smallest absolute Gasteiger partial charge is 0.137 e. The summed E-state index contributed by atoms with van der Waals surface area (Å²) < 4.78 is 20.9. The topological polar surface area (TPSA) is 60.2 Å². The van der Waals surface area contributed by atoms with Gasteiger partial charge in [0.05, 0.1) is 30.8 Å². The molecule has 0 radical (unpaired) electrons. The number of ether oxygens (including phenoxy) is 1. The third kappa shape index (κ3) is 2.20. The number of halogens is 1. The predicted octanol–water partition coefficient (Wildman–Crippen LogP) is 1.82. The average Bonchev–Trinajstić information content (AvgIpc) is 3.11. The number of fused-ring (bicyclic) bond motifs is 1. The zero-order valence-corrected chi connectivity index (χ0v) is 12.9. The Labute approximate surface area is 134 Å². The molecule has 3 atom stereocenters. The molecule has 1 saturated carbocycles. The Morgan fingerprint density at radius 1 is 1.35 bits per heavy atom. The third-order valence-corrected chi connectivity index (χ3v) is 5.75. The van der Waals surface area contributed by atoms with Crippen molar-refractivity contribution in [3.63, 3.8) is 0 Å². The molecule has 5 nitrogen and oxygen atoms in total. The third-order valence-electron chi connectivity index (χ3n) is 5.75. The van der Waals surface area contributed by atoms with E-state index in [1.165, 1.54) is 18.5 Å². The van der Waals surface area contributed by atoms with Crippen LogP contribution < -0.4 is 0 Å². The summed E-state index contributed by atoms with van der Waals surface area (Å²) in [7, 11) is 0. The molecule has 0 bridgehead atoms. The highest BCUT2D eigenvalue weighted by molar-refractivity contribution is 5.21. The number of nitrogens with zero attached hydrogens (tertiary/aromatic N) is 3. The highest BCUT2D eigenvalue weighted by Crippen LogP contribution is 2.60. The van der Waals surface area contributed by atoms with E-state index in [1.54, 1.807) is 11.0 Å². The molecule has 1 aliphatic carbocycles. The van der Waals surface area contributed by atoms with Gasteiger partial charge in [-0.25, -0.2) is 9.37 Å². The van der Waals surface area contributed by atoms with E-state index in [0.717, 1.165) is 24.8 Å². The quantitative estimate of drug-likeness (QED) is 0.914. The molecule has 2 aromatic rings. The summed E-state index contributed by atoms with van der Waals surface area (Å²) in [5.41, 5.74) is 0.501. The lowest BCUT2D eigenvalue weighted by molar-refractivity contribution is -0.283. The van der Waals surface area contributed by atoms with Crippen molar-refractivity contribution in [2.24, 2.45) is 11.3 Å². The fourth-order valence-electron chi connectivity index (χ4n) is 4.34. The highest BCUT2D eigenvalue weighted by Gasteiger charge is 2.67. The first-order chi connectivity index (χ1) is 11.2. The van der Waals surface area contributed by atoms with Crippen molar-refractivity contribution >= 4 is 0 Å². The maximum atomic E-state index is 13.1. The second-order valence-electron chi connectivity index (χ2n) is 6.76. The second kappa shape index (κ2) is 5.39. The van der Waals surface area contributed by atoms with Crippen LogP contribution >= 0.6 is 0 Å². The van der Waals surface area contributed by atoms with Gasteiger partial charge in [0.2, 0.25) is 0 Å². The van der Waals surface area contributed by atoms with Gasteiger partial charge in [0.25, 0.3) is 0 Å². The molecule has 1 saturated heterocycles. The van der Waals surface area contributed by atoms with Crippen LogP contribution in [0.4, 0.5) is 4.39 Å². The minimum Gasteiger partial charge on any atom is -0.396 e. The van der Waals surface area contributed by atoms with Gasteiger partial charge in [0.1, 0.15) is 18.5 Å². The largest absolute Gasteiger partial charge is 0.396 e. The second-order valence-corrected chi connectivity index (χ2v) is 6.76. The number of benzene rings is 1. The van der Waals surface area contributed by atoms with Gasteiger partial charge in [-0.1, -0.05) is 12.1 Å². The minimum atomic E-state index is -0.361. The number of aliphatic hydroxyl groups excluding tert-OH is 1. The molecule has 1 aromatic carbocycles. The fraction of sp³-hybridized carbons (Fsp3) is 0.529. The van der Waals surface area contributed by atoms with Crippen LogP contribution in [0, 0.1) is 17.2 Å². The molecule has 0 spiro atoms. The number of hydrogen-bond donors (Lipinski definition) is 1. The summed E-state index contributed by atoms with van der Waals surface area (Å²) in [6.07, 6.45) is 5.93. The zero-order chi connectivity index (χ0) is 15.9. The average molecular weight is 317 g/mol. The molecular weight excluding hydrogens is 297 g/mol. The van der Waals surface area contributed by atoms with Crippen LogP contribution in [0.3, 0.4) is 0 Å². The van der Waals surface area contributed by atoms with E-state index < -0.39 is 0 Å². The zero-order valence-electron chi connectivity index (χ0n) is 12.9. The van der Waals surface area contributed by atoms with Crippen molar-refractivity contribution in [2.45, 2.75) is 31.4 Å². The summed E-state index contributed by atoms with van der Waals surface area (Å²) in [5, 5.41) is 14.3. The summed E-state index contributed by atoms with van der Waals surface area (Å²) in [4.78, 5) is 3.99. The molecule has 0 amide bonds. The van der Waals surface area contributed by atoms with Gasteiger partial charge >= 0.3 is 0 Å². The molecule has 122 valence electrons. The summed E-state index contributed by atoms with van der Waals surface area (Å²) in [5.74, 6) is 0.111. The van der Waals surface area contributed by atoms with Gasteiger partial charge in [-0.3, -0.25) is 4.68 Å². The van der Waals surface area contributed by atoms with E-state index in [4.69, 9.17) is 4.74 Å². The Bertz CT molecular complexity index is 672. The van der Waals surface area contributed by atoms with Crippen LogP contribution in [0.25, 0.3) is 0 Å². The first-order valence-electron chi connectivity index (χ1n) is 7.99. The highest BCUT2D eigenvalue weighted by atomic mass is 19.1. The first kappa shape index (κ1) is 14.8. The molecule has 2 heterocycles. The molecular formula is C17H20FN3O2. The maximum absolute atomic E-state index is 13.1. The van der Waals surface area contributed by atoms with Gasteiger partial charge < -0.3 is 9.84 Å². The normalized spacial score (nSPS) is 32.5. The van der Waals surface area contributed by atoms with Crippen LogP contribution in [0.5, 0.6) is 0 Å². The predicted molar refractivity (Wildman–Crippen MR) is 81.1 cm³/mol. The van der Waals surface area contributed by atoms with Gasteiger partial charge in [0.15, 0.2) is 0 Å². The molecule has 1 aliphatic heterocycles. The van der Waals surface area contributed by atoms with Crippen LogP contribution in [0.1, 0.15) is 18.4 Å². The van der Waals surface area contributed by atoms with E-state index in [-0.39, 0.29) is 23.4 Å². The van der Waals surface area contributed by atoms with E-state index >= 15 is 0 Å². The van der Waals surface area contributed by atoms with E-state index in [9.17, 15) is 9.50 Å². The lowest BCUT2D eigenvalue weighted by atomic mass is 9.64. The Kier molecular flexibility index (Phi) is 3.46. The molecule has 2 fully saturated rings. The van der Waals surface area contributed by atoms with E-state index in [2.05, 4.69) is 10.1 Å². The summed E-state index contributed by atoms with van der Waals surface area (Å²) in [6, 6.07) is 6.65. The molecule has 4 rings (SSSR count). The molecule has 2 aliphatic rings. The molecule has 1 N–H and O–H groups in total. The monoisotopic (exact) mass is 317 g/mol. The van der Waals surface area contributed by atoms with Gasteiger partial charge in [-0.2, -0.15) is 5.10 Å². The molecule has 23 heavy (non-hydrogen) atoms. The molecule has 3 unspecified atom stereocenters. The van der Waals surface area contributed by atoms with Crippen molar-refractivity contribution in [2.75, 3.05) is 13.2 Å². The summed E-state index contributed by atoms with van der Waals surface area (Å²) >= 11 is 0. The first-order valence-corrected chi connectivity index (χ1v) is 7.99. The minimum absolute atomic E-state index is 0.105. The van der Waals surface area contributed by atoms with Crippen LogP contribution in [0.15, 0.2) is 36.9 Å². The fourth-order valence-corrected chi connectivity index (χ4v) is 4.34. The van der Waals surface area contributed by atoms with Crippen LogP contribution in [-0.2, 0) is 17.7 Å². The van der Waals surface area contributed by atoms with Crippen molar-refractivity contribution in [1.82, 2.24) is 14.8 Å². The van der Waals surface area contributed by atoms with Crippen molar-refractivity contribution < 1.29 is 14.2 Å². The van der Waals surface area contributed by atoms with Gasteiger partial charge in [-0.15, -0.1) is 0 Å². The Balaban J connectivity index is 1.57. The lowest BCUT2D eigenvalue weighted by Crippen LogP contribution is -2.66. The maximum Gasteiger partial charge on any atom is 0.137 e. The van der Waals surface area contributed by atoms with Crippen LogP contribution in [-0.4, -0.2) is 38.7 Å². The Hall–Kier alpha value is -1.79.